The lowest BCUT2D eigenvalue weighted by molar-refractivity contribution is 0.380. The standard InChI is InChI=1S/C19H29N5/c1-16-15-18(5-8-20-16)23-12-6-17(7-13-23)19-21-9-14-24(19)11-4-10-22(2)3/h5,8-9,14-15,17H,4,6-7,10-13H2,1-3H3. The number of rotatable bonds is 6. The number of imidazole rings is 1. The zero-order valence-corrected chi connectivity index (χ0v) is 15.1. The van der Waals surface area contributed by atoms with Gasteiger partial charge in [-0.05, 0) is 59.0 Å². The molecule has 130 valence electrons. The summed E-state index contributed by atoms with van der Waals surface area (Å²) in [5.74, 6) is 1.86. The van der Waals surface area contributed by atoms with Crippen LogP contribution in [0.3, 0.4) is 0 Å². The number of hydrogen-bond acceptors (Lipinski definition) is 4. The second-order valence-corrected chi connectivity index (χ2v) is 7.05. The van der Waals surface area contributed by atoms with Crippen molar-refractivity contribution in [3.05, 3.63) is 42.2 Å². The Kier molecular flexibility index (Phi) is 5.51. The Morgan fingerprint density at radius 2 is 1.96 bits per heavy atom. The van der Waals surface area contributed by atoms with Crippen molar-refractivity contribution in [2.75, 3.05) is 38.6 Å². The lowest BCUT2D eigenvalue weighted by Gasteiger charge is -2.33. The summed E-state index contributed by atoms with van der Waals surface area (Å²) < 4.78 is 2.36. The minimum absolute atomic E-state index is 0.582. The number of nitrogens with zero attached hydrogens (tertiary/aromatic N) is 5. The fourth-order valence-corrected chi connectivity index (χ4v) is 3.55. The molecule has 0 atom stereocenters. The molecule has 0 amide bonds. The third kappa shape index (κ3) is 4.15. The highest BCUT2D eigenvalue weighted by Gasteiger charge is 2.24. The van der Waals surface area contributed by atoms with Crippen LogP contribution in [0.2, 0.25) is 0 Å². The smallest absolute Gasteiger partial charge is 0.111 e. The van der Waals surface area contributed by atoms with Crippen molar-refractivity contribution >= 4 is 5.69 Å². The normalized spacial score (nSPS) is 16.1. The Balaban J connectivity index is 1.58. The summed E-state index contributed by atoms with van der Waals surface area (Å²) in [6, 6.07) is 4.30. The maximum Gasteiger partial charge on any atom is 0.111 e. The van der Waals surface area contributed by atoms with Crippen molar-refractivity contribution in [1.29, 1.82) is 0 Å². The number of hydrogen-bond donors (Lipinski definition) is 0. The number of aryl methyl sites for hydroxylation is 2. The monoisotopic (exact) mass is 327 g/mol. The molecule has 0 spiro atoms. The van der Waals surface area contributed by atoms with E-state index in [1.807, 2.05) is 12.4 Å². The first-order valence-electron chi connectivity index (χ1n) is 8.97. The molecule has 1 aliphatic rings. The molecule has 1 aliphatic heterocycles. The van der Waals surface area contributed by atoms with Gasteiger partial charge >= 0.3 is 0 Å². The Morgan fingerprint density at radius 1 is 1.17 bits per heavy atom. The quantitative estimate of drug-likeness (QED) is 0.817. The maximum atomic E-state index is 4.67. The van der Waals surface area contributed by atoms with Gasteiger partial charge in [0.05, 0.1) is 0 Å². The third-order valence-corrected chi connectivity index (χ3v) is 4.86. The van der Waals surface area contributed by atoms with Gasteiger partial charge in [-0.25, -0.2) is 4.98 Å². The van der Waals surface area contributed by atoms with E-state index in [0.29, 0.717) is 5.92 Å². The summed E-state index contributed by atoms with van der Waals surface area (Å²) in [5, 5.41) is 0. The fourth-order valence-electron chi connectivity index (χ4n) is 3.55. The van der Waals surface area contributed by atoms with Crippen LogP contribution in [-0.4, -0.2) is 53.2 Å². The zero-order chi connectivity index (χ0) is 16.9. The van der Waals surface area contributed by atoms with Crippen LogP contribution in [0.4, 0.5) is 5.69 Å². The van der Waals surface area contributed by atoms with Gasteiger partial charge in [0.15, 0.2) is 0 Å². The molecule has 0 aliphatic carbocycles. The molecule has 5 nitrogen and oxygen atoms in total. The lowest BCUT2D eigenvalue weighted by Crippen LogP contribution is -2.33. The molecule has 0 radical (unpaired) electrons. The minimum Gasteiger partial charge on any atom is -0.371 e. The van der Waals surface area contributed by atoms with Crippen LogP contribution in [-0.2, 0) is 6.54 Å². The molecule has 1 fully saturated rings. The van der Waals surface area contributed by atoms with Gasteiger partial charge < -0.3 is 14.4 Å². The van der Waals surface area contributed by atoms with E-state index >= 15 is 0 Å². The predicted octanol–water partition coefficient (Wildman–Crippen LogP) is 2.92. The van der Waals surface area contributed by atoms with Gasteiger partial charge in [0.25, 0.3) is 0 Å². The van der Waals surface area contributed by atoms with Gasteiger partial charge in [-0.15, -0.1) is 0 Å². The van der Waals surface area contributed by atoms with Gasteiger partial charge in [-0.3, -0.25) is 4.98 Å². The Hall–Kier alpha value is -1.88. The summed E-state index contributed by atoms with van der Waals surface area (Å²) >= 11 is 0. The van der Waals surface area contributed by atoms with Crippen molar-refractivity contribution < 1.29 is 0 Å². The van der Waals surface area contributed by atoms with E-state index in [9.17, 15) is 0 Å². The molecule has 24 heavy (non-hydrogen) atoms. The SMILES string of the molecule is Cc1cc(N2CCC(c3nccn3CCCN(C)C)CC2)ccn1. The molecule has 3 heterocycles. The highest BCUT2D eigenvalue weighted by atomic mass is 15.1. The van der Waals surface area contributed by atoms with E-state index in [1.165, 1.54) is 30.8 Å². The molecule has 0 bridgehead atoms. The second kappa shape index (κ2) is 7.79. The van der Waals surface area contributed by atoms with Crippen molar-refractivity contribution in [3.8, 4) is 0 Å². The first kappa shape index (κ1) is 17.0. The number of anilines is 1. The average Bonchev–Trinajstić information content (AvgIpc) is 3.03. The molecule has 5 heteroatoms. The summed E-state index contributed by atoms with van der Waals surface area (Å²) in [6.45, 7) is 6.44. The van der Waals surface area contributed by atoms with Crippen LogP contribution in [0.15, 0.2) is 30.7 Å². The van der Waals surface area contributed by atoms with Gasteiger partial charge in [0.2, 0.25) is 0 Å². The third-order valence-electron chi connectivity index (χ3n) is 4.86. The largest absolute Gasteiger partial charge is 0.371 e. The average molecular weight is 327 g/mol. The first-order chi connectivity index (χ1) is 11.6. The van der Waals surface area contributed by atoms with Crippen molar-refractivity contribution in [2.45, 2.75) is 38.6 Å². The summed E-state index contributed by atoms with van der Waals surface area (Å²) in [4.78, 5) is 13.7. The lowest BCUT2D eigenvalue weighted by atomic mass is 9.95. The fraction of sp³-hybridized carbons (Fsp3) is 0.579. The molecule has 2 aromatic heterocycles. The number of piperidine rings is 1. The molecule has 3 rings (SSSR count). The molecule has 2 aromatic rings. The summed E-state index contributed by atoms with van der Waals surface area (Å²) in [7, 11) is 4.26. The molecule has 0 saturated carbocycles. The van der Waals surface area contributed by atoms with E-state index in [4.69, 9.17) is 0 Å². The van der Waals surface area contributed by atoms with Crippen molar-refractivity contribution in [2.24, 2.45) is 0 Å². The van der Waals surface area contributed by atoms with Gasteiger partial charge in [-0.1, -0.05) is 0 Å². The highest BCUT2D eigenvalue weighted by Crippen LogP contribution is 2.29. The maximum absolute atomic E-state index is 4.67. The van der Waals surface area contributed by atoms with Crippen LogP contribution in [0.5, 0.6) is 0 Å². The molecule has 0 unspecified atom stereocenters. The van der Waals surface area contributed by atoms with Crippen LogP contribution in [0, 0.1) is 6.92 Å². The van der Waals surface area contributed by atoms with Crippen LogP contribution < -0.4 is 4.90 Å². The van der Waals surface area contributed by atoms with Crippen LogP contribution in [0.1, 0.15) is 36.7 Å². The van der Waals surface area contributed by atoms with Crippen LogP contribution in [0.25, 0.3) is 0 Å². The summed E-state index contributed by atoms with van der Waals surface area (Å²) in [6.07, 6.45) is 9.53. The van der Waals surface area contributed by atoms with E-state index in [0.717, 1.165) is 31.9 Å². The molecule has 1 saturated heterocycles. The summed E-state index contributed by atoms with van der Waals surface area (Å²) in [5.41, 5.74) is 2.39. The molecule has 0 aromatic carbocycles. The van der Waals surface area contributed by atoms with Gasteiger partial charge in [0.1, 0.15) is 5.82 Å². The topological polar surface area (TPSA) is 37.2 Å². The van der Waals surface area contributed by atoms with Crippen molar-refractivity contribution in [3.63, 3.8) is 0 Å². The first-order valence-corrected chi connectivity index (χ1v) is 8.97. The number of aromatic nitrogens is 3. The Labute approximate surface area is 145 Å². The molecular formula is C19H29N5. The van der Waals surface area contributed by atoms with Crippen molar-refractivity contribution in [1.82, 2.24) is 19.4 Å². The van der Waals surface area contributed by atoms with Crippen LogP contribution >= 0.6 is 0 Å². The highest BCUT2D eigenvalue weighted by molar-refractivity contribution is 5.46. The van der Waals surface area contributed by atoms with E-state index in [1.54, 1.807) is 0 Å². The van der Waals surface area contributed by atoms with Gasteiger partial charge in [0, 0.05) is 55.5 Å². The van der Waals surface area contributed by atoms with Gasteiger partial charge in [-0.2, -0.15) is 0 Å². The second-order valence-electron chi connectivity index (χ2n) is 7.05. The minimum atomic E-state index is 0.582. The Morgan fingerprint density at radius 3 is 2.67 bits per heavy atom. The van der Waals surface area contributed by atoms with E-state index in [-0.39, 0.29) is 0 Å². The molecular weight excluding hydrogens is 298 g/mol. The predicted molar refractivity (Wildman–Crippen MR) is 98.6 cm³/mol. The molecule has 0 N–H and O–H groups in total. The Bertz CT molecular complexity index is 641. The number of pyridine rings is 1. The van der Waals surface area contributed by atoms with E-state index < -0.39 is 0 Å². The zero-order valence-electron chi connectivity index (χ0n) is 15.1. The van der Waals surface area contributed by atoms with E-state index in [2.05, 4.69) is 63.7 Å².